The maximum absolute atomic E-state index is 4.13. The maximum Gasteiger partial charge on any atom is 0.116 e. The Kier molecular flexibility index (Phi) is 3.10. The average molecular weight is 268 g/mol. The van der Waals surface area contributed by atoms with Crippen LogP contribution in [0.1, 0.15) is 0 Å². The summed E-state index contributed by atoms with van der Waals surface area (Å²) in [6.07, 6.45) is 6.79. The van der Waals surface area contributed by atoms with Gasteiger partial charge in [-0.25, -0.2) is 9.97 Å². The fourth-order valence-electron chi connectivity index (χ4n) is 0.897. The highest BCUT2D eigenvalue weighted by molar-refractivity contribution is 9.10. The van der Waals surface area contributed by atoms with Gasteiger partial charge >= 0.3 is 0 Å². The summed E-state index contributed by atoms with van der Waals surface area (Å²) in [5, 5.41) is 0.923. The fourth-order valence-corrected chi connectivity index (χ4v) is 2.12. The number of aromatic nitrogens is 3. The molecule has 0 bridgehead atoms. The van der Waals surface area contributed by atoms with Crippen LogP contribution in [-0.4, -0.2) is 15.0 Å². The lowest BCUT2D eigenvalue weighted by Crippen LogP contribution is -1.81. The monoisotopic (exact) mass is 267 g/mol. The van der Waals surface area contributed by atoms with Gasteiger partial charge < -0.3 is 0 Å². The van der Waals surface area contributed by atoms with Crippen molar-refractivity contribution >= 4 is 27.7 Å². The van der Waals surface area contributed by atoms with E-state index in [4.69, 9.17) is 0 Å². The van der Waals surface area contributed by atoms with Crippen molar-refractivity contribution in [2.45, 2.75) is 9.92 Å². The largest absolute Gasteiger partial charge is 0.263 e. The summed E-state index contributed by atoms with van der Waals surface area (Å²) in [7, 11) is 0. The van der Waals surface area contributed by atoms with Crippen LogP contribution in [0.5, 0.6) is 0 Å². The van der Waals surface area contributed by atoms with Crippen molar-refractivity contribution < 1.29 is 0 Å². The van der Waals surface area contributed by atoms with Crippen molar-refractivity contribution in [1.29, 1.82) is 0 Å². The quantitative estimate of drug-likeness (QED) is 0.785. The van der Waals surface area contributed by atoms with E-state index in [9.17, 15) is 0 Å². The molecule has 14 heavy (non-hydrogen) atoms. The van der Waals surface area contributed by atoms with Crippen molar-refractivity contribution in [2.75, 3.05) is 0 Å². The zero-order valence-electron chi connectivity index (χ0n) is 7.09. The molecule has 0 N–H and O–H groups in total. The molecule has 2 aromatic heterocycles. The van der Waals surface area contributed by atoms with Gasteiger partial charge in [-0.1, -0.05) is 11.8 Å². The van der Waals surface area contributed by atoms with Gasteiger partial charge in [0, 0.05) is 28.0 Å². The molecule has 0 aliphatic rings. The molecule has 0 radical (unpaired) electrons. The van der Waals surface area contributed by atoms with Gasteiger partial charge in [0.05, 0.1) is 0 Å². The molecular formula is C9H6BrN3S. The van der Waals surface area contributed by atoms with E-state index in [2.05, 4.69) is 30.9 Å². The number of rotatable bonds is 2. The summed E-state index contributed by atoms with van der Waals surface area (Å²) in [6, 6.07) is 3.81. The van der Waals surface area contributed by atoms with Crippen LogP contribution in [0, 0.1) is 0 Å². The molecule has 0 spiro atoms. The molecule has 2 aromatic rings. The molecule has 5 heteroatoms. The minimum atomic E-state index is 0.923. The van der Waals surface area contributed by atoms with Crippen molar-refractivity contribution in [3.8, 4) is 0 Å². The van der Waals surface area contributed by atoms with Gasteiger partial charge in [0.1, 0.15) is 11.4 Å². The molecule has 0 amide bonds. The lowest BCUT2D eigenvalue weighted by molar-refractivity contribution is 1.04. The van der Waals surface area contributed by atoms with E-state index in [-0.39, 0.29) is 0 Å². The van der Waals surface area contributed by atoms with E-state index >= 15 is 0 Å². The van der Waals surface area contributed by atoms with E-state index in [0.29, 0.717) is 0 Å². The fraction of sp³-hybridized carbons (Fsp3) is 0. The van der Waals surface area contributed by atoms with Crippen LogP contribution in [-0.2, 0) is 0 Å². The van der Waals surface area contributed by atoms with Gasteiger partial charge in [0.2, 0.25) is 0 Å². The molecule has 0 aliphatic heterocycles. The molecule has 0 atom stereocenters. The molecule has 0 fully saturated rings. The van der Waals surface area contributed by atoms with Crippen molar-refractivity contribution in [2.24, 2.45) is 0 Å². The second kappa shape index (κ2) is 4.52. The van der Waals surface area contributed by atoms with Crippen LogP contribution >= 0.6 is 27.7 Å². The third-order valence-corrected chi connectivity index (χ3v) is 3.43. The van der Waals surface area contributed by atoms with Crippen LogP contribution in [0.25, 0.3) is 0 Å². The zero-order valence-corrected chi connectivity index (χ0v) is 9.49. The van der Waals surface area contributed by atoms with Crippen molar-refractivity contribution in [3.05, 3.63) is 41.5 Å². The Morgan fingerprint density at radius 2 is 2.00 bits per heavy atom. The summed E-state index contributed by atoms with van der Waals surface area (Å²) >= 11 is 5.00. The molecule has 0 unspecified atom stereocenters. The molecule has 3 nitrogen and oxygen atoms in total. The molecule has 0 aromatic carbocycles. The first kappa shape index (κ1) is 9.61. The first-order valence-electron chi connectivity index (χ1n) is 3.89. The highest BCUT2D eigenvalue weighted by Gasteiger charge is 2.01. The van der Waals surface area contributed by atoms with Crippen LogP contribution in [0.15, 0.2) is 51.4 Å². The van der Waals surface area contributed by atoms with Crippen LogP contribution in [0.2, 0.25) is 0 Å². The molecule has 2 rings (SSSR count). The smallest absolute Gasteiger partial charge is 0.116 e. The Balaban J connectivity index is 2.24. The summed E-state index contributed by atoms with van der Waals surface area (Å²) < 4.78 is 0.976. The number of halogens is 1. The van der Waals surface area contributed by atoms with Gasteiger partial charge in [-0.2, -0.15) is 0 Å². The normalized spacial score (nSPS) is 10.1. The lowest BCUT2D eigenvalue weighted by atomic mass is 10.5. The Morgan fingerprint density at radius 3 is 2.71 bits per heavy atom. The minimum absolute atomic E-state index is 0.923. The highest BCUT2D eigenvalue weighted by Crippen LogP contribution is 2.30. The van der Waals surface area contributed by atoms with Crippen LogP contribution < -0.4 is 0 Å². The number of hydrogen-bond donors (Lipinski definition) is 0. The summed E-state index contributed by atoms with van der Waals surface area (Å²) in [4.78, 5) is 13.1. The van der Waals surface area contributed by atoms with E-state index in [1.165, 1.54) is 6.33 Å². The van der Waals surface area contributed by atoms with Crippen LogP contribution in [0.4, 0.5) is 0 Å². The van der Waals surface area contributed by atoms with Crippen molar-refractivity contribution in [1.82, 2.24) is 15.0 Å². The number of nitrogens with zero attached hydrogens (tertiary/aromatic N) is 3. The van der Waals surface area contributed by atoms with E-state index < -0.39 is 0 Å². The molecule has 2 heterocycles. The Hall–Kier alpha value is -0.940. The van der Waals surface area contributed by atoms with E-state index in [1.807, 2.05) is 12.1 Å². The third-order valence-electron chi connectivity index (χ3n) is 1.50. The average Bonchev–Trinajstić information content (AvgIpc) is 2.23. The molecule has 0 saturated heterocycles. The van der Waals surface area contributed by atoms with Gasteiger partial charge in [0.15, 0.2) is 0 Å². The maximum atomic E-state index is 4.13. The van der Waals surface area contributed by atoms with Gasteiger partial charge in [-0.3, -0.25) is 4.98 Å². The second-order valence-corrected chi connectivity index (χ2v) is 4.37. The third kappa shape index (κ3) is 2.30. The molecule has 0 aliphatic carbocycles. The second-order valence-electron chi connectivity index (χ2n) is 2.46. The zero-order chi connectivity index (χ0) is 9.80. The van der Waals surface area contributed by atoms with E-state index in [0.717, 1.165) is 14.4 Å². The number of hydrogen-bond acceptors (Lipinski definition) is 4. The van der Waals surface area contributed by atoms with E-state index in [1.54, 1.807) is 30.4 Å². The minimum Gasteiger partial charge on any atom is -0.263 e. The highest BCUT2D eigenvalue weighted by atomic mass is 79.9. The SMILES string of the molecule is Brc1cnccc1Sc1ccncn1. The summed E-state index contributed by atoms with van der Waals surface area (Å²) in [5.74, 6) is 0. The molecule has 70 valence electrons. The lowest BCUT2D eigenvalue weighted by Gasteiger charge is -2.01. The van der Waals surface area contributed by atoms with Gasteiger partial charge in [-0.05, 0) is 28.1 Å². The Bertz CT molecular complexity index is 421. The first-order valence-corrected chi connectivity index (χ1v) is 5.50. The summed E-state index contributed by atoms with van der Waals surface area (Å²) in [5.41, 5.74) is 0. The summed E-state index contributed by atoms with van der Waals surface area (Å²) in [6.45, 7) is 0. The van der Waals surface area contributed by atoms with Crippen molar-refractivity contribution in [3.63, 3.8) is 0 Å². The van der Waals surface area contributed by atoms with Crippen LogP contribution in [0.3, 0.4) is 0 Å². The van der Waals surface area contributed by atoms with Gasteiger partial charge in [-0.15, -0.1) is 0 Å². The Morgan fingerprint density at radius 1 is 1.14 bits per heavy atom. The molecular weight excluding hydrogens is 262 g/mol. The predicted octanol–water partition coefficient (Wildman–Crippen LogP) is 2.79. The van der Waals surface area contributed by atoms with Gasteiger partial charge in [0.25, 0.3) is 0 Å². The molecule has 0 saturated carbocycles. The first-order chi connectivity index (χ1) is 6.86. The standard InChI is InChI=1S/C9H6BrN3S/c10-7-5-11-3-1-8(7)14-9-2-4-12-6-13-9/h1-6H. The predicted molar refractivity (Wildman–Crippen MR) is 58.1 cm³/mol. The number of pyridine rings is 1. The topological polar surface area (TPSA) is 38.7 Å². The Labute approximate surface area is 94.1 Å².